The Morgan fingerprint density at radius 2 is 1.14 bits per heavy atom. The van der Waals surface area contributed by atoms with Crippen LogP contribution in [0.25, 0.3) is 0 Å². The quantitative estimate of drug-likeness (QED) is 0.142. The van der Waals surface area contributed by atoms with Gasteiger partial charge >= 0.3 is 0 Å². The second kappa shape index (κ2) is 12.2. The Hall–Kier alpha value is -0.680. The molecule has 0 amide bonds. The molecule has 216 valence electrons. The molecular weight excluding hydrogens is 512 g/mol. The standard InChI is InChI=1S/C20H34O17/c21-1-6-10(24)14(28)20(34-6)37-16-8(36-18-13(27)9(23)5(22)2-32-18)4-33-19(15(16)29)35-7-3-31-17(30)12(26)11(7)25/h5-30H,1-4H2/t5-,6+,7-,8-,9+,10+,11+,12-,13-,14-,15-,16+,17+,18+,19+,20+/m1/s1. The van der Waals surface area contributed by atoms with Gasteiger partial charge in [0.2, 0.25) is 0 Å². The predicted octanol–water partition coefficient (Wildman–Crippen LogP) is -7.19. The fraction of sp³-hybridized carbons (Fsp3) is 1.00. The summed E-state index contributed by atoms with van der Waals surface area (Å²) < 4.78 is 37.9. The maximum absolute atomic E-state index is 11.0. The largest absolute Gasteiger partial charge is 0.394 e. The predicted molar refractivity (Wildman–Crippen MR) is 110 cm³/mol. The van der Waals surface area contributed by atoms with Crippen LogP contribution < -0.4 is 0 Å². The lowest BCUT2D eigenvalue weighted by Crippen LogP contribution is -2.62. The highest BCUT2D eigenvalue weighted by Crippen LogP contribution is 2.31. The van der Waals surface area contributed by atoms with Gasteiger partial charge in [-0.3, -0.25) is 0 Å². The highest BCUT2D eigenvalue weighted by Gasteiger charge is 2.52. The fourth-order valence-electron chi connectivity index (χ4n) is 4.44. The van der Waals surface area contributed by atoms with Crippen molar-refractivity contribution in [1.29, 1.82) is 0 Å². The summed E-state index contributed by atoms with van der Waals surface area (Å²) in [5, 5.41) is 100. The van der Waals surface area contributed by atoms with Crippen molar-refractivity contribution in [3.8, 4) is 0 Å². The molecule has 0 spiro atoms. The molecule has 4 rings (SSSR count). The van der Waals surface area contributed by atoms with Crippen molar-refractivity contribution < 1.29 is 84.2 Å². The van der Waals surface area contributed by atoms with Crippen molar-refractivity contribution in [2.24, 2.45) is 0 Å². The van der Waals surface area contributed by atoms with Crippen molar-refractivity contribution in [3.63, 3.8) is 0 Å². The molecule has 0 radical (unpaired) electrons. The Labute approximate surface area is 209 Å². The molecule has 37 heavy (non-hydrogen) atoms. The third-order valence-corrected chi connectivity index (χ3v) is 6.72. The minimum atomic E-state index is -1.74. The zero-order valence-corrected chi connectivity index (χ0v) is 19.4. The van der Waals surface area contributed by atoms with Gasteiger partial charge in [-0.1, -0.05) is 0 Å². The SMILES string of the molecule is OC[C@@H]1O[C@@H](O[C@@H]2[C@@H](O)[C@H](O[C@@H]3CO[C@H](O)[C@H](O)[C@H]3O)OC[C@H]2O[C@@H]2OC[C@@H](O)[C@H](O)[C@H]2O)[C@H](O)[C@H]1O. The molecule has 4 aliphatic heterocycles. The van der Waals surface area contributed by atoms with Crippen molar-refractivity contribution in [2.75, 3.05) is 26.4 Å². The lowest BCUT2D eigenvalue weighted by molar-refractivity contribution is -0.362. The molecule has 0 unspecified atom stereocenters. The molecule has 0 aromatic carbocycles. The van der Waals surface area contributed by atoms with Crippen LogP contribution in [0.4, 0.5) is 0 Å². The van der Waals surface area contributed by atoms with Gasteiger partial charge in [-0.2, -0.15) is 0 Å². The summed E-state index contributed by atoms with van der Waals surface area (Å²) in [7, 11) is 0. The maximum atomic E-state index is 11.0. The van der Waals surface area contributed by atoms with Gasteiger partial charge in [0.15, 0.2) is 25.2 Å². The summed E-state index contributed by atoms with van der Waals surface area (Å²) in [5.74, 6) is 0. The Kier molecular flexibility index (Phi) is 9.69. The smallest absolute Gasteiger partial charge is 0.187 e. The lowest BCUT2D eigenvalue weighted by atomic mass is 10.0. The average Bonchev–Trinajstić information content (AvgIpc) is 3.15. The molecule has 0 saturated carbocycles. The minimum absolute atomic E-state index is 0.366. The first-order valence-electron chi connectivity index (χ1n) is 11.7. The number of hydrogen-bond acceptors (Lipinski definition) is 17. The van der Waals surface area contributed by atoms with Crippen LogP contribution in [0.15, 0.2) is 0 Å². The van der Waals surface area contributed by atoms with Gasteiger partial charge in [0.05, 0.1) is 26.4 Å². The second-order valence-corrected chi connectivity index (χ2v) is 9.30. The average molecular weight is 546 g/mol. The van der Waals surface area contributed by atoms with Crippen LogP contribution in [0.3, 0.4) is 0 Å². The van der Waals surface area contributed by atoms with Crippen LogP contribution in [0.1, 0.15) is 0 Å². The van der Waals surface area contributed by atoms with E-state index in [4.69, 9.17) is 33.2 Å². The van der Waals surface area contributed by atoms with E-state index in [1.54, 1.807) is 0 Å². The molecule has 17 nitrogen and oxygen atoms in total. The van der Waals surface area contributed by atoms with E-state index in [1.165, 1.54) is 0 Å². The lowest BCUT2D eigenvalue weighted by Gasteiger charge is -2.45. The molecule has 0 aromatic rings. The Morgan fingerprint density at radius 1 is 0.541 bits per heavy atom. The van der Waals surface area contributed by atoms with Crippen molar-refractivity contribution in [1.82, 2.24) is 0 Å². The van der Waals surface area contributed by atoms with Gasteiger partial charge in [-0.15, -0.1) is 0 Å². The number of hydrogen-bond donors (Lipinski definition) is 10. The summed E-state index contributed by atoms with van der Waals surface area (Å²) in [6.07, 6.45) is -24.2. The molecule has 4 aliphatic rings. The Balaban J connectivity index is 1.48. The Bertz CT molecular complexity index is 731. The van der Waals surface area contributed by atoms with Gasteiger partial charge < -0.3 is 84.2 Å². The van der Waals surface area contributed by atoms with E-state index < -0.39 is 112 Å². The van der Waals surface area contributed by atoms with Crippen LogP contribution in [-0.2, 0) is 33.2 Å². The highest BCUT2D eigenvalue weighted by atomic mass is 16.8. The molecule has 17 heteroatoms. The van der Waals surface area contributed by atoms with Crippen molar-refractivity contribution in [2.45, 2.75) is 98.4 Å². The number of aliphatic hydroxyl groups is 10. The van der Waals surface area contributed by atoms with Crippen LogP contribution in [0, 0.1) is 0 Å². The molecule has 0 aliphatic carbocycles. The van der Waals surface area contributed by atoms with E-state index in [1.807, 2.05) is 0 Å². The van der Waals surface area contributed by atoms with E-state index in [0.29, 0.717) is 0 Å². The van der Waals surface area contributed by atoms with Crippen LogP contribution >= 0.6 is 0 Å². The molecule has 0 bridgehead atoms. The maximum Gasteiger partial charge on any atom is 0.187 e. The molecule has 4 heterocycles. The first kappa shape index (κ1) is 29.3. The summed E-state index contributed by atoms with van der Waals surface area (Å²) in [5.41, 5.74) is 0. The van der Waals surface area contributed by atoms with Crippen molar-refractivity contribution in [3.05, 3.63) is 0 Å². The van der Waals surface area contributed by atoms with E-state index in [2.05, 4.69) is 0 Å². The van der Waals surface area contributed by atoms with Gasteiger partial charge in [0.25, 0.3) is 0 Å². The van der Waals surface area contributed by atoms with Gasteiger partial charge in [0, 0.05) is 0 Å². The molecular formula is C20H34O17. The van der Waals surface area contributed by atoms with Gasteiger partial charge in [0.1, 0.15) is 73.2 Å². The van der Waals surface area contributed by atoms with E-state index in [-0.39, 0.29) is 13.2 Å². The molecule has 4 fully saturated rings. The first-order chi connectivity index (χ1) is 17.5. The molecule has 4 saturated heterocycles. The van der Waals surface area contributed by atoms with E-state index in [0.717, 1.165) is 0 Å². The third-order valence-electron chi connectivity index (χ3n) is 6.72. The van der Waals surface area contributed by atoms with E-state index >= 15 is 0 Å². The van der Waals surface area contributed by atoms with Gasteiger partial charge in [-0.25, -0.2) is 0 Å². The first-order valence-corrected chi connectivity index (χ1v) is 11.7. The number of ether oxygens (including phenoxy) is 7. The normalized spacial score (nSPS) is 53.4. The number of rotatable bonds is 7. The van der Waals surface area contributed by atoms with Crippen LogP contribution in [-0.4, -0.2) is 176 Å². The second-order valence-electron chi connectivity index (χ2n) is 9.30. The van der Waals surface area contributed by atoms with Crippen molar-refractivity contribution >= 4 is 0 Å². The van der Waals surface area contributed by atoms with Gasteiger partial charge in [-0.05, 0) is 0 Å². The highest BCUT2D eigenvalue weighted by molar-refractivity contribution is 4.93. The van der Waals surface area contributed by atoms with Crippen LogP contribution in [0.2, 0.25) is 0 Å². The Morgan fingerprint density at radius 3 is 1.81 bits per heavy atom. The molecule has 0 aromatic heterocycles. The van der Waals surface area contributed by atoms with E-state index in [9.17, 15) is 51.1 Å². The third kappa shape index (κ3) is 6.08. The zero-order chi connectivity index (χ0) is 27.0. The summed E-state index contributed by atoms with van der Waals surface area (Å²) in [6, 6.07) is 0. The monoisotopic (exact) mass is 546 g/mol. The number of aliphatic hydroxyl groups excluding tert-OH is 10. The zero-order valence-electron chi connectivity index (χ0n) is 19.4. The topological polar surface area (TPSA) is 267 Å². The summed E-state index contributed by atoms with van der Waals surface area (Å²) in [4.78, 5) is 0. The summed E-state index contributed by atoms with van der Waals surface area (Å²) >= 11 is 0. The van der Waals surface area contributed by atoms with Crippen LogP contribution in [0.5, 0.6) is 0 Å². The summed E-state index contributed by atoms with van der Waals surface area (Å²) in [6.45, 7) is -1.79. The molecule has 16 atom stereocenters. The fourth-order valence-corrected chi connectivity index (χ4v) is 4.44. The molecule has 10 N–H and O–H groups in total. The minimum Gasteiger partial charge on any atom is -0.394 e.